The molecule has 1 heterocycles. The van der Waals surface area contributed by atoms with Crippen LogP contribution in [0.5, 0.6) is 0 Å². The summed E-state index contributed by atoms with van der Waals surface area (Å²) < 4.78 is 13.8. The van der Waals surface area contributed by atoms with Gasteiger partial charge in [-0.05, 0) is 29.3 Å². The van der Waals surface area contributed by atoms with Gasteiger partial charge in [-0.15, -0.1) is 0 Å². The molecule has 0 saturated heterocycles. The van der Waals surface area contributed by atoms with Crippen molar-refractivity contribution in [1.82, 2.24) is 0 Å². The van der Waals surface area contributed by atoms with Crippen LogP contribution in [0, 0.1) is 5.82 Å². The van der Waals surface area contributed by atoms with Crippen molar-refractivity contribution in [3.8, 4) is 11.1 Å². The van der Waals surface area contributed by atoms with E-state index in [0.29, 0.717) is 0 Å². The second-order valence-corrected chi connectivity index (χ2v) is 6.19. The van der Waals surface area contributed by atoms with E-state index in [1.54, 1.807) is 18.0 Å². The standard InChI is InChI=1S/C22H17FN2O/c1-25-20-12-5-4-11-19(20)22(24-14-21(25)26)18-10-3-2-9-17(18)15-7-6-8-16(23)13-15/h2-13H,14H2,1H3. The highest BCUT2D eigenvalue weighted by atomic mass is 19.1. The smallest absolute Gasteiger partial charge is 0.248 e. The minimum absolute atomic E-state index is 0.0595. The summed E-state index contributed by atoms with van der Waals surface area (Å²) in [5.41, 5.74) is 5.02. The first kappa shape index (κ1) is 16.2. The maximum absolute atomic E-state index is 13.8. The molecule has 0 fully saturated rings. The fourth-order valence-electron chi connectivity index (χ4n) is 3.27. The molecule has 4 heteroatoms. The van der Waals surface area contributed by atoms with Crippen LogP contribution in [-0.2, 0) is 4.79 Å². The van der Waals surface area contributed by atoms with Gasteiger partial charge >= 0.3 is 0 Å². The molecule has 1 aliphatic heterocycles. The number of anilines is 1. The fraction of sp³-hybridized carbons (Fsp3) is 0.0909. The van der Waals surface area contributed by atoms with Crippen LogP contribution in [0.3, 0.4) is 0 Å². The lowest BCUT2D eigenvalue weighted by Gasteiger charge is -2.18. The van der Waals surface area contributed by atoms with Crippen LogP contribution in [-0.4, -0.2) is 25.2 Å². The van der Waals surface area contributed by atoms with Crippen molar-refractivity contribution in [2.45, 2.75) is 0 Å². The number of amides is 1. The van der Waals surface area contributed by atoms with Gasteiger partial charge in [-0.2, -0.15) is 0 Å². The molecule has 128 valence electrons. The van der Waals surface area contributed by atoms with E-state index in [-0.39, 0.29) is 18.3 Å². The number of benzene rings is 3. The molecule has 3 aromatic carbocycles. The molecule has 0 spiro atoms. The summed E-state index contributed by atoms with van der Waals surface area (Å²) in [6.45, 7) is 0.0813. The third-order valence-corrected chi connectivity index (χ3v) is 4.58. The molecule has 1 aliphatic rings. The molecule has 0 aliphatic carbocycles. The first-order valence-electron chi connectivity index (χ1n) is 8.41. The zero-order chi connectivity index (χ0) is 18.1. The molecule has 0 atom stereocenters. The summed E-state index contributed by atoms with van der Waals surface area (Å²) in [5.74, 6) is -0.342. The summed E-state index contributed by atoms with van der Waals surface area (Å²) >= 11 is 0. The number of aliphatic imine (C=N–C) groups is 1. The number of fused-ring (bicyclic) bond motifs is 1. The Morgan fingerprint density at radius 1 is 0.885 bits per heavy atom. The monoisotopic (exact) mass is 344 g/mol. The van der Waals surface area contributed by atoms with Gasteiger partial charge < -0.3 is 4.90 Å². The van der Waals surface area contributed by atoms with Gasteiger partial charge in [0.05, 0.1) is 11.4 Å². The van der Waals surface area contributed by atoms with E-state index in [4.69, 9.17) is 0 Å². The molecule has 0 radical (unpaired) electrons. The molecule has 0 bridgehead atoms. The number of likely N-dealkylation sites (N-methyl/N-ethyl adjacent to an activating group) is 1. The molecule has 0 unspecified atom stereocenters. The van der Waals surface area contributed by atoms with Crippen molar-refractivity contribution in [3.05, 3.63) is 89.7 Å². The van der Waals surface area contributed by atoms with Crippen molar-refractivity contribution in [2.24, 2.45) is 4.99 Å². The van der Waals surface area contributed by atoms with Crippen LogP contribution in [0.25, 0.3) is 11.1 Å². The zero-order valence-electron chi connectivity index (χ0n) is 14.3. The Balaban J connectivity index is 1.94. The number of benzodiazepines with no additional fused rings is 1. The number of para-hydroxylation sites is 1. The summed E-state index contributed by atoms with van der Waals surface area (Å²) in [6, 6.07) is 22.0. The Bertz CT molecular complexity index is 1030. The largest absolute Gasteiger partial charge is 0.313 e. The van der Waals surface area contributed by atoms with Crippen LogP contribution < -0.4 is 4.90 Å². The van der Waals surface area contributed by atoms with Gasteiger partial charge in [0.15, 0.2) is 0 Å². The zero-order valence-corrected chi connectivity index (χ0v) is 14.3. The maximum atomic E-state index is 13.8. The van der Waals surface area contributed by atoms with Crippen molar-refractivity contribution in [2.75, 3.05) is 18.5 Å². The normalized spacial score (nSPS) is 13.8. The molecule has 3 nitrogen and oxygen atoms in total. The minimum Gasteiger partial charge on any atom is -0.313 e. The lowest BCUT2D eigenvalue weighted by Crippen LogP contribution is -2.27. The van der Waals surface area contributed by atoms with Crippen molar-refractivity contribution in [3.63, 3.8) is 0 Å². The van der Waals surface area contributed by atoms with Crippen LogP contribution >= 0.6 is 0 Å². The number of carbonyl (C=O) groups excluding carboxylic acids is 1. The van der Waals surface area contributed by atoms with E-state index in [0.717, 1.165) is 33.7 Å². The van der Waals surface area contributed by atoms with E-state index in [2.05, 4.69) is 4.99 Å². The Hall–Kier alpha value is -3.27. The van der Waals surface area contributed by atoms with Crippen LogP contribution in [0.4, 0.5) is 10.1 Å². The first-order chi connectivity index (χ1) is 12.6. The Labute approximate surface area is 151 Å². The molecule has 1 amide bonds. The van der Waals surface area contributed by atoms with Crippen LogP contribution in [0.2, 0.25) is 0 Å². The quantitative estimate of drug-likeness (QED) is 0.682. The lowest BCUT2D eigenvalue weighted by atomic mass is 9.92. The highest BCUT2D eigenvalue weighted by Gasteiger charge is 2.23. The molecule has 3 aromatic rings. The third kappa shape index (κ3) is 2.80. The van der Waals surface area contributed by atoms with Crippen LogP contribution in [0.15, 0.2) is 77.8 Å². The maximum Gasteiger partial charge on any atom is 0.248 e. The average molecular weight is 344 g/mol. The van der Waals surface area contributed by atoms with Crippen molar-refractivity contribution in [1.29, 1.82) is 0 Å². The van der Waals surface area contributed by atoms with E-state index < -0.39 is 0 Å². The lowest BCUT2D eigenvalue weighted by molar-refractivity contribution is -0.116. The highest BCUT2D eigenvalue weighted by molar-refractivity contribution is 6.21. The van der Waals surface area contributed by atoms with Gasteiger partial charge in [-0.1, -0.05) is 54.6 Å². The molecule has 0 N–H and O–H groups in total. The molecule has 0 aromatic heterocycles. The van der Waals surface area contributed by atoms with Gasteiger partial charge in [0.2, 0.25) is 5.91 Å². The SMILES string of the molecule is CN1C(=O)CN=C(c2ccccc2-c2cccc(F)c2)c2ccccc21. The number of rotatable bonds is 2. The van der Waals surface area contributed by atoms with E-state index >= 15 is 0 Å². The number of halogens is 1. The predicted molar refractivity (Wildman–Crippen MR) is 102 cm³/mol. The summed E-state index contributed by atoms with van der Waals surface area (Å²) in [5, 5.41) is 0. The Morgan fingerprint density at radius 3 is 2.35 bits per heavy atom. The fourth-order valence-corrected chi connectivity index (χ4v) is 3.27. The summed E-state index contributed by atoms with van der Waals surface area (Å²) in [7, 11) is 1.76. The van der Waals surface area contributed by atoms with E-state index in [1.165, 1.54) is 12.1 Å². The molecular weight excluding hydrogens is 327 g/mol. The minimum atomic E-state index is -0.282. The topological polar surface area (TPSA) is 32.7 Å². The van der Waals surface area contributed by atoms with Crippen molar-refractivity contribution < 1.29 is 9.18 Å². The van der Waals surface area contributed by atoms with Gasteiger partial charge in [-0.3, -0.25) is 9.79 Å². The second kappa shape index (κ2) is 6.56. The molecule has 0 saturated carbocycles. The first-order valence-corrected chi connectivity index (χ1v) is 8.41. The van der Waals surface area contributed by atoms with Gasteiger partial charge in [0, 0.05) is 18.2 Å². The van der Waals surface area contributed by atoms with Crippen LogP contribution in [0.1, 0.15) is 11.1 Å². The second-order valence-electron chi connectivity index (χ2n) is 6.19. The summed E-state index contributed by atoms with van der Waals surface area (Å²) in [4.78, 5) is 18.6. The Kier molecular flexibility index (Phi) is 4.09. The summed E-state index contributed by atoms with van der Waals surface area (Å²) in [6.07, 6.45) is 0. The van der Waals surface area contributed by atoms with Crippen molar-refractivity contribution >= 4 is 17.3 Å². The predicted octanol–water partition coefficient (Wildman–Crippen LogP) is 4.31. The number of nitrogens with zero attached hydrogens (tertiary/aromatic N) is 2. The van der Waals surface area contributed by atoms with Gasteiger partial charge in [0.25, 0.3) is 0 Å². The average Bonchev–Trinajstić information content (AvgIpc) is 2.79. The molecule has 26 heavy (non-hydrogen) atoms. The van der Waals surface area contributed by atoms with Gasteiger partial charge in [0.1, 0.15) is 12.4 Å². The highest BCUT2D eigenvalue weighted by Crippen LogP contribution is 2.31. The molecule has 4 rings (SSSR count). The molecular formula is C22H17FN2O. The number of hydrogen-bond donors (Lipinski definition) is 0. The number of carbonyl (C=O) groups is 1. The van der Waals surface area contributed by atoms with Gasteiger partial charge in [-0.25, -0.2) is 4.39 Å². The Morgan fingerprint density at radius 2 is 1.58 bits per heavy atom. The van der Waals surface area contributed by atoms with E-state index in [9.17, 15) is 9.18 Å². The number of hydrogen-bond acceptors (Lipinski definition) is 2. The third-order valence-electron chi connectivity index (χ3n) is 4.58. The van der Waals surface area contributed by atoms with E-state index in [1.807, 2.05) is 54.6 Å².